The number of hydrogen-bond acceptors (Lipinski definition) is 5. The molecule has 1 aliphatic heterocycles. The number of halogens is 1. The van der Waals surface area contributed by atoms with Gasteiger partial charge in [-0.15, -0.1) is 0 Å². The van der Waals surface area contributed by atoms with Gasteiger partial charge >= 0.3 is 7.12 Å². The molecule has 0 spiro atoms. The van der Waals surface area contributed by atoms with Crippen LogP contribution in [0, 0.1) is 6.92 Å². The molecule has 1 heterocycles. The Morgan fingerprint density at radius 2 is 1.69 bits per heavy atom. The third-order valence-electron chi connectivity index (χ3n) is 6.88. The number of rotatable bonds is 5. The van der Waals surface area contributed by atoms with Crippen molar-refractivity contribution in [1.82, 2.24) is 10.4 Å². The fraction of sp³-hybridized carbons (Fsp3) is 0.481. The molecule has 0 saturated carbocycles. The molecule has 9 heteroatoms. The Morgan fingerprint density at radius 3 is 2.22 bits per heavy atom. The van der Waals surface area contributed by atoms with Crippen molar-refractivity contribution < 1.29 is 23.6 Å². The average molecular weight is 559 g/mol. The molecule has 1 aliphatic rings. The molecule has 0 unspecified atom stereocenters. The van der Waals surface area contributed by atoms with E-state index in [1.165, 1.54) is 5.01 Å². The third kappa shape index (κ3) is 5.48. The largest absolute Gasteiger partial charge is 0.496 e. The van der Waals surface area contributed by atoms with E-state index in [1.54, 1.807) is 37.4 Å². The van der Waals surface area contributed by atoms with Crippen molar-refractivity contribution in [3.8, 4) is 5.75 Å². The zero-order valence-electron chi connectivity index (χ0n) is 22.6. The van der Waals surface area contributed by atoms with Crippen molar-refractivity contribution in [3.63, 3.8) is 0 Å². The highest BCUT2D eigenvalue weighted by Gasteiger charge is 2.52. The van der Waals surface area contributed by atoms with Crippen LogP contribution in [0.3, 0.4) is 0 Å². The standard InChI is InChI=1S/C27H36BBrN2O5/c1-17-20(11-10-12-22(17)34-9)23(32)30-31(25(2,3)4)24(33)18-13-14-19(16-29)21(15-18)28-35-26(5,6)27(7,8)36-28/h10-15H,16H2,1-9H3,(H,30,32). The molecule has 0 radical (unpaired) electrons. The Balaban J connectivity index is 1.96. The molecule has 2 aromatic carbocycles. The predicted octanol–water partition coefficient (Wildman–Crippen LogP) is 4.78. The second-order valence-corrected chi connectivity index (χ2v) is 11.6. The number of nitrogens with one attached hydrogen (secondary N) is 1. The van der Waals surface area contributed by atoms with E-state index in [2.05, 4.69) is 21.4 Å². The number of hydrazine groups is 1. The van der Waals surface area contributed by atoms with Gasteiger partial charge in [-0.05, 0) is 90.7 Å². The first-order valence-electron chi connectivity index (χ1n) is 12.0. The summed E-state index contributed by atoms with van der Waals surface area (Å²) in [6.45, 7) is 15.4. The van der Waals surface area contributed by atoms with Crippen molar-refractivity contribution in [2.75, 3.05) is 7.11 Å². The maximum atomic E-state index is 13.8. The monoisotopic (exact) mass is 558 g/mol. The van der Waals surface area contributed by atoms with Crippen LogP contribution in [0.4, 0.5) is 0 Å². The van der Waals surface area contributed by atoms with Gasteiger partial charge in [0, 0.05) is 22.0 Å². The summed E-state index contributed by atoms with van der Waals surface area (Å²) >= 11 is 3.54. The lowest BCUT2D eigenvalue weighted by atomic mass is 9.75. The molecule has 0 aliphatic carbocycles. The number of amides is 2. The van der Waals surface area contributed by atoms with E-state index in [9.17, 15) is 9.59 Å². The van der Waals surface area contributed by atoms with Gasteiger partial charge in [0.2, 0.25) is 0 Å². The third-order valence-corrected chi connectivity index (χ3v) is 7.48. The molecule has 0 aromatic heterocycles. The summed E-state index contributed by atoms with van der Waals surface area (Å²) in [5.41, 5.74) is 4.39. The summed E-state index contributed by atoms with van der Waals surface area (Å²) in [7, 11) is 0.941. The van der Waals surface area contributed by atoms with E-state index in [0.717, 1.165) is 11.0 Å². The minimum atomic E-state index is -0.696. The van der Waals surface area contributed by atoms with Crippen LogP contribution in [-0.2, 0) is 14.6 Å². The number of nitrogens with zero attached hydrogens (tertiary/aromatic N) is 1. The number of benzene rings is 2. The van der Waals surface area contributed by atoms with Gasteiger partial charge in [0.25, 0.3) is 11.8 Å². The number of methoxy groups -OCH3 is 1. The molecule has 1 fully saturated rings. The zero-order valence-corrected chi connectivity index (χ0v) is 24.2. The van der Waals surface area contributed by atoms with E-state index in [1.807, 2.05) is 61.5 Å². The number of alkyl halides is 1. The lowest BCUT2D eigenvalue weighted by molar-refractivity contribution is 0.00578. The predicted molar refractivity (Wildman–Crippen MR) is 146 cm³/mol. The van der Waals surface area contributed by atoms with Gasteiger partial charge in [-0.3, -0.25) is 15.0 Å². The van der Waals surface area contributed by atoms with Crippen molar-refractivity contribution >= 4 is 40.3 Å². The summed E-state index contributed by atoms with van der Waals surface area (Å²) < 4.78 is 17.9. The maximum Gasteiger partial charge on any atom is 0.495 e. The SMILES string of the molecule is COc1cccc(C(=O)NN(C(=O)c2ccc(CBr)c(B3OC(C)(C)C(C)(C)O3)c2)C(C)(C)C)c1C. The highest BCUT2D eigenvalue weighted by atomic mass is 79.9. The minimum Gasteiger partial charge on any atom is -0.496 e. The van der Waals surface area contributed by atoms with E-state index in [4.69, 9.17) is 14.0 Å². The first-order valence-corrected chi connectivity index (χ1v) is 13.1. The van der Waals surface area contributed by atoms with Crippen LogP contribution in [0.1, 0.15) is 80.3 Å². The minimum absolute atomic E-state index is 0.338. The van der Waals surface area contributed by atoms with Gasteiger partial charge in [0.05, 0.1) is 23.9 Å². The molecule has 0 bridgehead atoms. The van der Waals surface area contributed by atoms with Gasteiger partial charge in [-0.1, -0.05) is 28.1 Å². The van der Waals surface area contributed by atoms with Gasteiger partial charge in [0.15, 0.2) is 0 Å². The number of carbonyl (C=O) groups is 2. The Hall–Kier alpha value is -2.36. The zero-order chi connectivity index (χ0) is 27.1. The summed E-state index contributed by atoms with van der Waals surface area (Å²) in [5, 5.41) is 1.95. The molecule has 1 saturated heterocycles. The van der Waals surface area contributed by atoms with Gasteiger partial charge in [-0.25, -0.2) is 5.01 Å². The molecule has 3 rings (SSSR count). The first kappa shape index (κ1) is 28.2. The maximum absolute atomic E-state index is 13.8. The Morgan fingerprint density at radius 1 is 1.08 bits per heavy atom. The van der Waals surface area contributed by atoms with Crippen LogP contribution in [0.15, 0.2) is 36.4 Å². The molecule has 194 valence electrons. The Labute approximate surface area is 223 Å². The summed E-state index contributed by atoms with van der Waals surface area (Å²) in [6.07, 6.45) is 0. The summed E-state index contributed by atoms with van der Waals surface area (Å²) in [5.74, 6) is -0.123. The van der Waals surface area contributed by atoms with Crippen LogP contribution in [0.25, 0.3) is 0 Å². The highest BCUT2D eigenvalue weighted by Crippen LogP contribution is 2.37. The van der Waals surface area contributed by atoms with Crippen molar-refractivity contribution in [1.29, 1.82) is 0 Å². The molecular formula is C27H36BBrN2O5. The quantitative estimate of drug-likeness (QED) is 0.324. The van der Waals surface area contributed by atoms with Crippen molar-refractivity contribution in [2.24, 2.45) is 0 Å². The lowest BCUT2D eigenvalue weighted by Crippen LogP contribution is -2.56. The highest BCUT2D eigenvalue weighted by molar-refractivity contribution is 9.08. The molecule has 0 atom stereocenters. The smallest absolute Gasteiger partial charge is 0.495 e. The number of hydrogen-bond donors (Lipinski definition) is 1. The number of carbonyl (C=O) groups excluding carboxylic acids is 2. The lowest BCUT2D eigenvalue weighted by Gasteiger charge is -2.35. The van der Waals surface area contributed by atoms with Gasteiger partial charge < -0.3 is 14.0 Å². The Bertz CT molecular complexity index is 1140. The van der Waals surface area contributed by atoms with E-state index in [-0.39, 0.29) is 5.91 Å². The molecular weight excluding hydrogens is 523 g/mol. The van der Waals surface area contributed by atoms with Crippen molar-refractivity contribution in [2.45, 2.75) is 77.5 Å². The average Bonchev–Trinajstić information content (AvgIpc) is 3.02. The molecule has 7 nitrogen and oxygen atoms in total. The Kier molecular flexibility index (Phi) is 7.99. The van der Waals surface area contributed by atoms with Crippen LogP contribution in [0.2, 0.25) is 0 Å². The second-order valence-electron chi connectivity index (χ2n) is 11.0. The molecule has 1 N–H and O–H groups in total. The molecule has 2 amide bonds. The van der Waals surface area contributed by atoms with E-state index < -0.39 is 29.8 Å². The van der Waals surface area contributed by atoms with Gasteiger partial charge in [0.1, 0.15) is 5.75 Å². The van der Waals surface area contributed by atoms with Crippen LogP contribution in [0.5, 0.6) is 5.75 Å². The van der Waals surface area contributed by atoms with Crippen LogP contribution < -0.4 is 15.6 Å². The van der Waals surface area contributed by atoms with Gasteiger partial charge in [-0.2, -0.15) is 0 Å². The fourth-order valence-electron chi connectivity index (χ4n) is 3.93. The fourth-order valence-corrected chi connectivity index (χ4v) is 4.45. The normalized spacial score (nSPS) is 16.6. The second kappa shape index (κ2) is 10.2. The summed E-state index contributed by atoms with van der Waals surface area (Å²) in [6, 6.07) is 10.7. The topological polar surface area (TPSA) is 77.1 Å². The van der Waals surface area contributed by atoms with Crippen LogP contribution >= 0.6 is 15.9 Å². The van der Waals surface area contributed by atoms with E-state index in [0.29, 0.717) is 27.8 Å². The van der Waals surface area contributed by atoms with Crippen LogP contribution in [-0.4, -0.2) is 47.8 Å². The summed E-state index contributed by atoms with van der Waals surface area (Å²) in [4.78, 5) is 27.0. The van der Waals surface area contributed by atoms with E-state index >= 15 is 0 Å². The first-order chi connectivity index (χ1) is 16.6. The van der Waals surface area contributed by atoms with Crippen molar-refractivity contribution in [3.05, 3.63) is 58.7 Å². The molecule has 2 aromatic rings. The number of ether oxygens (including phenoxy) is 1. The molecule has 36 heavy (non-hydrogen) atoms.